The summed E-state index contributed by atoms with van der Waals surface area (Å²) >= 11 is 5.30. The molecular formula is C6H4ClF3N2O. The molecule has 1 aromatic heterocycles. The highest BCUT2D eigenvalue weighted by Crippen LogP contribution is 2.29. The first-order valence-corrected chi connectivity index (χ1v) is 3.47. The Labute approximate surface area is 76.5 Å². The first-order valence-electron chi connectivity index (χ1n) is 3.09. The standard InChI is InChI=1S/C6H4ClF3N2O/c1-13-5-11-3(6(8,9)10)2-4(7)12-5/h2H,1H3. The van der Waals surface area contributed by atoms with Crippen molar-refractivity contribution in [3.8, 4) is 6.01 Å². The molecule has 0 aliphatic heterocycles. The zero-order valence-corrected chi connectivity index (χ0v) is 7.15. The molecule has 1 rings (SSSR count). The van der Waals surface area contributed by atoms with E-state index in [0.717, 1.165) is 7.11 Å². The Bertz CT molecular complexity index is 315. The van der Waals surface area contributed by atoms with E-state index in [0.29, 0.717) is 6.07 Å². The fourth-order valence-corrected chi connectivity index (χ4v) is 0.809. The highest BCUT2D eigenvalue weighted by Gasteiger charge is 2.33. The molecule has 0 aromatic carbocycles. The molecule has 7 heteroatoms. The summed E-state index contributed by atoms with van der Waals surface area (Å²) in [6.07, 6.45) is -4.54. The number of ether oxygens (including phenoxy) is 1. The fraction of sp³-hybridized carbons (Fsp3) is 0.333. The largest absolute Gasteiger partial charge is 0.467 e. The SMILES string of the molecule is COc1nc(Cl)cc(C(F)(F)F)n1. The van der Waals surface area contributed by atoms with Gasteiger partial charge in [-0.15, -0.1) is 0 Å². The van der Waals surface area contributed by atoms with Gasteiger partial charge in [-0.3, -0.25) is 0 Å². The lowest BCUT2D eigenvalue weighted by Crippen LogP contribution is -2.09. The van der Waals surface area contributed by atoms with Gasteiger partial charge in [0.05, 0.1) is 7.11 Å². The molecule has 0 saturated carbocycles. The zero-order chi connectivity index (χ0) is 10.1. The second-order valence-corrected chi connectivity index (χ2v) is 2.45. The molecular weight excluding hydrogens is 209 g/mol. The maximum Gasteiger partial charge on any atom is 0.433 e. The maximum atomic E-state index is 12.1. The molecule has 0 amide bonds. The molecule has 0 N–H and O–H groups in total. The molecule has 1 heterocycles. The van der Waals surface area contributed by atoms with Crippen molar-refractivity contribution in [2.45, 2.75) is 6.18 Å². The van der Waals surface area contributed by atoms with Crippen LogP contribution in [0, 0.1) is 0 Å². The van der Waals surface area contributed by atoms with E-state index in [1.807, 2.05) is 0 Å². The van der Waals surface area contributed by atoms with Crippen LogP contribution in [0.25, 0.3) is 0 Å². The Morgan fingerprint density at radius 2 is 2.00 bits per heavy atom. The summed E-state index contributed by atoms with van der Waals surface area (Å²) in [5.74, 6) is 0. The van der Waals surface area contributed by atoms with Gasteiger partial charge in [-0.05, 0) is 0 Å². The topological polar surface area (TPSA) is 35.0 Å². The smallest absolute Gasteiger partial charge is 0.433 e. The van der Waals surface area contributed by atoms with Crippen molar-refractivity contribution in [2.24, 2.45) is 0 Å². The van der Waals surface area contributed by atoms with Crippen molar-refractivity contribution < 1.29 is 17.9 Å². The minimum Gasteiger partial charge on any atom is -0.467 e. The predicted octanol–water partition coefficient (Wildman–Crippen LogP) is 2.16. The summed E-state index contributed by atoms with van der Waals surface area (Å²) < 4.78 is 40.7. The van der Waals surface area contributed by atoms with E-state index >= 15 is 0 Å². The van der Waals surface area contributed by atoms with Gasteiger partial charge < -0.3 is 4.74 Å². The fourth-order valence-electron chi connectivity index (χ4n) is 0.633. The summed E-state index contributed by atoms with van der Waals surface area (Å²) in [7, 11) is 1.16. The van der Waals surface area contributed by atoms with Gasteiger partial charge in [0.25, 0.3) is 0 Å². The average molecular weight is 213 g/mol. The third-order valence-corrected chi connectivity index (χ3v) is 1.34. The summed E-state index contributed by atoms with van der Waals surface area (Å²) in [6.45, 7) is 0. The summed E-state index contributed by atoms with van der Waals surface area (Å²) in [4.78, 5) is 6.48. The van der Waals surface area contributed by atoms with Gasteiger partial charge in [0.1, 0.15) is 5.15 Å². The van der Waals surface area contributed by atoms with Crippen molar-refractivity contribution in [3.63, 3.8) is 0 Å². The Morgan fingerprint density at radius 3 is 2.46 bits per heavy atom. The summed E-state index contributed by atoms with van der Waals surface area (Å²) in [5, 5.41) is -0.306. The van der Waals surface area contributed by atoms with Crippen LogP contribution in [0.1, 0.15) is 5.69 Å². The Morgan fingerprint density at radius 1 is 1.38 bits per heavy atom. The van der Waals surface area contributed by atoms with Gasteiger partial charge in [-0.25, -0.2) is 0 Å². The molecule has 0 bridgehead atoms. The van der Waals surface area contributed by atoms with Crippen LogP contribution in [-0.4, -0.2) is 17.1 Å². The van der Waals surface area contributed by atoms with E-state index in [2.05, 4.69) is 14.7 Å². The molecule has 0 unspecified atom stereocenters. The van der Waals surface area contributed by atoms with Gasteiger partial charge in [0, 0.05) is 6.07 Å². The van der Waals surface area contributed by atoms with Crippen molar-refractivity contribution in [2.75, 3.05) is 7.11 Å². The van der Waals surface area contributed by atoms with Crippen LogP contribution in [0.15, 0.2) is 6.07 Å². The van der Waals surface area contributed by atoms with Crippen LogP contribution in [0.4, 0.5) is 13.2 Å². The molecule has 13 heavy (non-hydrogen) atoms. The number of hydrogen-bond donors (Lipinski definition) is 0. The third kappa shape index (κ3) is 2.45. The predicted molar refractivity (Wildman–Crippen MR) is 38.6 cm³/mol. The van der Waals surface area contributed by atoms with Crippen molar-refractivity contribution >= 4 is 11.6 Å². The van der Waals surface area contributed by atoms with Crippen molar-refractivity contribution in [1.82, 2.24) is 9.97 Å². The van der Waals surface area contributed by atoms with Crippen LogP contribution >= 0.6 is 11.6 Å². The van der Waals surface area contributed by atoms with Gasteiger partial charge in [0.2, 0.25) is 0 Å². The molecule has 0 aliphatic rings. The van der Waals surface area contributed by atoms with E-state index < -0.39 is 17.9 Å². The van der Waals surface area contributed by atoms with E-state index in [4.69, 9.17) is 11.6 Å². The van der Waals surface area contributed by atoms with E-state index in [1.54, 1.807) is 0 Å². The van der Waals surface area contributed by atoms with Crippen molar-refractivity contribution in [3.05, 3.63) is 16.9 Å². The average Bonchev–Trinajstić information content (AvgIpc) is 2.01. The van der Waals surface area contributed by atoms with Gasteiger partial charge in [-0.1, -0.05) is 11.6 Å². The Kier molecular flexibility index (Phi) is 2.60. The van der Waals surface area contributed by atoms with Gasteiger partial charge in [0.15, 0.2) is 5.69 Å². The molecule has 0 spiro atoms. The summed E-state index contributed by atoms with van der Waals surface area (Å²) in [6, 6.07) is 0.226. The van der Waals surface area contributed by atoms with Crippen molar-refractivity contribution in [1.29, 1.82) is 0 Å². The molecule has 0 fully saturated rings. The minimum atomic E-state index is -4.54. The number of halogens is 4. The number of rotatable bonds is 1. The second kappa shape index (κ2) is 3.37. The molecule has 1 aromatic rings. The summed E-state index contributed by atoms with van der Waals surface area (Å²) in [5.41, 5.74) is -1.12. The highest BCUT2D eigenvalue weighted by molar-refractivity contribution is 6.29. The first kappa shape index (κ1) is 10.0. The van der Waals surface area contributed by atoms with Gasteiger partial charge in [-0.2, -0.15) is 23.1 Å². The Hall–Kier alpha value is -1.04. The van der Waals surface area contributed by atoms with Gasteiger partial charge >= 0.3 is 12.2 Å². The lowest BCUT2D eigenvalue weighted by atomic mass is 10.4. The first-order chi connectivity index (χ1) is 5.93. The third-order valence-electron chi connectivity index (χ3n) is 1.15. The normalized spacial score (nSPS) is 11.5. The lowest BCUT2D eigenvalue weighted by molar-refractivity contribution is -0.141. The zero-order valence-electron chi connectivity index (χ0n) is 6.39. The number of alkyl halides is 3. The number of hydrogen-bond acceptors (Lipinski definition) is 3. The minimum absolute atomic E-state index is 0.306. The molecule has 0 aliphatic carbocycles. The monoisotopic (exact) mass is 212 g/mol. The van der Waals surface area contributed by atoms with Crippen LogP contribution in [0.2, 0.25) is 5.15 Å². The molecule has 0 radical (unpaired) electrons. The number of methoxy groups -OCH3 is 1. The van der Waals surface area contributed by atoms with Crippen LogP contribution < -0.4 is 4.74 Å². The molecule has 72 valence electrons. The lowest BCUT2D eigenvalue weighted by Gasteiger charge is -2.06. The quantitative estimate of drug-likeness (QED) is 0.669. The maximum absolute atomic E-state index is 12.1. The van der Waals surface area contributed by atoms with E-state index in [9.17, 15) is 13.2 Å². The number of aromatic nitrogens is 2. The molecule has 0 atom stereocenters. The molecule has 0 saturated heterocycles. The Balaban J connectivity index is 3.16. The second-order valence-electron chi connectivity index (χ2n) is 2.06. The van der Waals surface area contributed by atoms with E-state index in [-0.39, 0.29) is 5.15 Å². The van der Waals surface area contributed by atoms with E-state index in [1.165, 1.54) is 0 Å². The highest BCUT2D eigenvalue weighted by atomic mass is 35.5. The van der Waals surface area contributed by atoms with Crippen LogP contribution in [-0.2, 0) is 6.18 Å². The van der Waals surface area contributed by atoms with Crippen LogP contribution in [0.3, 0.4) is 0 Å². The van der Waals surface area contributed by atoms with Crippen LogP contribution in [0.5, 0.6) is 6.01 Å². The molecule has 3 nitrogen and oxygen atoms in total. The number of nitrogens with zero attached hydrogens (tertiary/aromatic N) is 2.